The van der Waals surface area contributed by atoms with Crippen LogP contribution in [0.3, 0.4) is 0 Å². The molecule has 0 aliphatic carbocycles. The predicted octanol–water partition coefficient (Wildman–Crippen LogP) is 2.22. The van der Waals surface area contributed by atoms with Crippen molar-refractivity contribution >= 4 is 11.8 Å². The minimum atomic E-state index is -0.626. The standard InChI is InChI=1S/C9H18FNS/c1-8(10)4-7-12-9-2-5-11-6-3-9/h8-9,11H,2-7H2,1H3. The van der Waals surface area contributed by atoms with Crippen molar-refractivity contribution in [2.75, 3.05) is 18.8 Å². The first kappa shape index (κ1) is 10.3. The molecule has 0 bridgehead atoms. The SMILES string of the molecule is CC(F)CCSC1CCNCC1. The van der Waals surface area contributed by atoms with Gasteiger partial charge in [0.1, 0.15) is 0 Å². The van der Waals surface area contributed by atoms with Gasteiger partial charge in [-0.25, -0.2) is 4.39 Å². The van der Waals surface area contributed by atoms with Gasteiger partial charge in [-0.2, -0.15) is 11.8 Å². The second-order valence-corrected chi connectivity index (χ2v) is 4.80. The summed E-state index contributed by atoms with van der Waals surface area (Å²) in [6.07, 6.45) is 2.60. The van der Waals surface area contributed by atoms with Crippen LogP contribution < -0.4 is 5.32 Å². The van der Waals surface area contributed by atoms with E-state index in [0.717, 1.165) is 24.1 Å². The second-order valence-electron chi connectivity index (χ2n) is 3.39. The van der Waals surface area contributed by atoms with E-state index in [1.54, 1.807) is 6.92 Å². The molecular formula is C9H18FNS. The Hall–Kier alpha value is 0.240. The summed E-state index contributed by atoms with van der Waals surface area (Å²) in [5.41, 5.74) is 0. The minimum Gasteiger partial charge on any atom is -0.317 e. The fraction of sp³-hybridized carbons (Fsp3) is 1.00. The van der Waals surface area contributed by atoms with Gasteiger partial charge in [-0.05, 0) is 45.0 Å². The summed E-state index contributed by atoms with van der Waals surface area (Å²) in [7, 11) is 0. The Bertz CT molecular complexity index is 113. The number of halogens is 1. The van der Waals surface area contributed by atoms with Crippen LogP contribution in [0.5, 0.6) is 0 Å². The Morgan fingerprint density at radius 3 is 2.75 bits per heavy atom. The molecule has 1 heterocycles. The zero-order chi connectivity index (χ0) is 8.81. The Balaban J connectivity index is 1.98. The van der Waals surface area contributed by atoms with E-state index >= 15 is 0 Å². The summed E-state index contributed by atoms with van der Waals surface area (Å²) < 4.78 is 12.4. The highest BCUT2D eigenvalue weighted by atomic mass is 32.2. The first-order valence-electron chi connectivity index (χ1n) is 4.75. The Morgan fingerprint density at radius 2 is 2.17 bits per heavy atom. The van der Waals surface area contributed by atoms with E-state index in [2.05, 4.69) is 5.32 Å². The van der Waals surface area contributed by atoms with Crippen molar-refractivity contribution in [1.82, 2.24) is 5.32 Å². The molecule has 0 radical (unpaired) electrons. The Labute approximate surface area is 78.5 Å². The number of piperidine rings is 1. The molecule has 12 heavy (non-hydrogen) atoms. The molecule has 3 heteroatoms. The van der Waals surface area contributed by atoms with E-state index in [4.69, 9.17) is 0 Å². The van der Waals surface area contributed by atoms with Crippen LogP contribution in [0.4, 0.5) is 4.39 Å². The van der Waals surface area contributed by atoms with Crippen LogP contribution in [0.2, 0.25) is 0 Å². The van der Waals surface area contributed by atoms with Gasteiger partial charge in [0, 0.05) is 5.25 Å². The van der Waals surface area contributed by atoms with Gasteiger partial charge in [0.05, 0.1) is 6.17 Å². The van der Waals surface area contributed by atoms with Crippen LogP contribution in [0, 0.1) is 0 Å². The van der Waals surface area contributed by atoms with Crippen molar-refractivity contribution in [2.45, 2.75) is 37.6 Å². The van der Waals surface area contributed by atoms with E-state index in [1.807, 2.05) is 11.8 Å². The number of hydrogen-bond acceptors (Lipinski definition) is 2. The normalized spacial score (nSPS) is 22.5. The molecule has 0 saturated carbocycles. The van der Waals surface area contributed by atoms with Crippen LogP contribution in [0.25, 0.3) is 0 Å². The largest absolute Gasteiger partial charge is 0.317 e. The Kier molecular flexibility index (Phi) is 5.00. The molecule has 1 unspecified atom stereocenters. The van der Waals surface area contributed by atoms with Crippen molar-refractivity contribution in [1.29, 1.82) is 0 Å². The van der Waals surface area contributed by atoms with Crippen molar-refractivity contribution in [2.24, 2.45) is 0 Å². The highest BCUT2D eigenvalue weighted by Gasteiger charge is 2.12. The summed E-state index contributed by atoms with van der Waals surface area (Å²) >= 11 is 1.95. The molecule has 1 aliphatic heterocycles. The molecule has 0 amide bonds. The molecule has 0 spiro atoms. The van der Waals surface area contributed by atoms with Crippen LogP contribution in [0.15, 0.2) is 0 Å². The second kappa shape index (κ2) is 5.81. The van der Waals surface area contributed by atoms with Crippen molar-refractivity contribution < 1.29 is 4.39 Å². The number of thioether (sulfide) groups is 1. The van der Waals surface area contributed by atoms with Gasteiger partial charge in [0.15, 0.2) is 0 Å². The third-order valence-electron chi connectivity index (χ3n) is 2.16. The summed E-state index contributed by atoms with van der Waals surface area (Å²) in [5.74, 6) is 0.988. The maximum absolute atomic E-state index is 12.4. The molecular weight excluding hydrogens is 173 g/mol. The van der Waals surface area contributed by atoms with Crippen molar-refractivity contribution in [3.8, 4) is 0 Å². The van der Waals surface area contributed by atoms with Gasteiger partial charge in [0.25, 0.3) is 0 Å². The lowest BCUT2D eigenvalue weighted by Gasteiger charge is -2.21. The highest BCUT2D eigenvalue weighted by Crippen LogP contribution is 2.21. The lowest BCUT2D eigenvalue weighted by atomic mass is 10.2. The number of nitrogens with one attached hydrogen (secondary N) is 1. The average molecular weight is 191 g/mol. The molecule has 1 fully saturated rings. The number of rotatable bonds is 4. The van der Waals surface area contributed by atoms with E-state index in [0.29, 0.717) is 6.42 Å². The van der Waals surface area contributed by atoms with Gasteiger partial charge in [-0.3, -0.25) is 0 Å². The van der Waals surface area contributed by atoms with Crippen molar-refractivity contribution in [3.05, 3.63) is 0 Å². The van der Waals surface area contributed by atoms with Crippen LogP contribution in [0.1, 0.15) is 26.2 Å². The third-order valence-corrected chi connectivity index (χ3v) is 3.57. The first-order chi connectivity index (χ1) is 5.79. The molecule has 1 saturated heterocycles. The lowest BCUT2D eigenvalue weighted by Crippen LogP contribution is -2.29. The lowest BCUT2D eigenvalue weighted by molar-refractivity contribution is 0.354. The summed E-state index contributed by atoms with van der Waals surface area (Å²) in [6.45, 7) is 3.93. The zero-order valence-corrected chi connectivity index (χ0v) is 8.50. The van der Waals surface area contributed by atoms with Crippen LogP contribution in [-0.2, 0) is 0 Å². The van der Waals surface area contributed by atoms with E-state index < -0.39 is 6.17 Å². The number of alkyl halides is 1. The Morgan fingerprint density at radius 1 is 1.50 bits per heavy atom. The third kappa shape index (κ3) is 4.31. The van der Waals surface area contributed by atoms with Gasteiger partial charge < -0.3 is 5.32 Å². The predicted molar refractivity (Wildman–Crippen MR) is 53.5 cm³/mol. The molecule has 72 valence electrons. The van der Waals surface area contributed by atoms with Gasteiger partial charge in [-0.15, -0.1) is 0 Å². The molecule has 1 atom stereocenters. The minimum absolute atomic E-state index is 0.626. The molecule has 0 aromatic carbocycles. The first-order valence-corrected chi connectivity index (χ1v) is 5.80. The average Bonchev–Trinajstić information content (AvgIpc) is 2.05. The maximum atomic E-state index is 12.4. The summed E-state index contributed by atoms with van der Waals surface area (Å²) in [4.78, 5) is 0. The quantitative estimate of drug-likeness (QED) is 0.731. The van der Waals surface area contributed by atoms with Gasteiger partial charge >= 0.3 is 0 Å². The fourth-order valence-corrected chi connectivity index (χ4v) is 2.72. The molecule has 0 aromatic rings. The zero-order valence-electron chi connectivity index (χ0n) is 7.68. The number of hydrogen-bond donors (Lipinski definition) is 1. The van der Waals surface area contributed by atoms with Crippen LogP contribution in [-0.4, -0.2) is 30.3 Å². The van der Waals surface area contributed by atoms with Gasteiger partial charge in [0.2, 0.25) is 0 Å². The van der Waals surface area contributed by atoms with E-state index in [9.17, 15) is 4.39 Å². The molecule has 0 aromatic heterocycles. The van der Waals surface area contributed by atoms with E-state index in [-0.39, 0.29) is 0 Å². The highest BCUT2D eigenvalue weighted by molar-refractivity contribution is 7.99. The molecule has 1 N–H and O–H groups in total. The van der Waals surface area contributed by atoms with E-state index in [1.165, 1.54) is 12.8 Å². The molecule has 1 rings (SSSR count). The summed E-state index contributed by atoms with van der Waals surface area (Å²) in [5, 5.41) is 4.11. The van der Waals surface area contributed by atoms with Gasteiger partial charge in [-0.1, -0.05) is 0 Å². The monoisotopic (exact) mass is 191 g/mol. The van der Waals surface area contributed by atoms with Crippen molar-refractivity contribution in [3.63, 3.8) is 0 Å². The fourth-order valence-electron chi connectivity index (χ4n) is 1.36. The molecule has 1 aliphatic rings. The van der Waals surface area contributed by atoms with Crippen LogP contribution >= 0.6 is 11.8 Å². The smallest absolute Gasteiger partial charge is 0.0981 e. The summed E-state index contributed by atoms with van der Waals surface area (Å²) in [6, 6.07) is 0. The maximum Gasteiger partial charge on any atom is 0.0981 e. The topological polar surface area (TPSA) is 12.0 Å². The molecule has 1 nitrogen and oxygen atoms in total.